The molecule has 18 heavy (non-hydrogen) atoms. The highest BCUT2D eigenvalue weighted by Gasteiger charge is 2.29. The molecule has 0 aliphatic carbocycles. The summed E-state index contributed by atoms with van der Waals surface area (Å²) in [6.07, 6.45) is -0.321. The second kappa shape index (κ2) is 4.24. The van der Waals surface area contributed by atoms with Crippen molar-refractivity contribution in [2.24, 2.45) is 5.10 Å². The molecule has 0 fully saturated rings. The van der Waals surface area contributed by atoms with E-state index in [0.29, 0.717) is 0 Å². The summed E-state index contributed by atoms with van der Waals surface area (Å²) < 4.78 is 0. The van der Waals surface area contributed by atoms with Gasteiger partial charge < -0.3 is 5.11 Å². The van der Waals surface area contributed by atoms with Crippen LogP contribution in [0.2, 0.25) is 0 Å². The number of hydrazone groups is 1. The summed E-state index contributed by atoms with van der Waals surface area (Å²) in [6.45, 7) is 0. The monoisotopic (exact) mass is 249 g/mol. The number of aliphatic carboxylic acids is 1. The molecule has 1 aliphatic rings. The van der Waals surface area contributed by atoms with Crippen LogP contribution in [0.25, 0.3) is 0 Å². The summed E-state index contributed by atoms with van der Waals surface area (Å²) in [6, 6.07) is 5.27. The number of amides is 1. The minimum atomic E-state index is -1.28. The molecule has 0 saturated heterocycles. The molecule has 2 rings (SSSR count). The van der Waals surface area contributed by atoms with E-state index in [2.05, 4.69) is 5.10 Å². The first-order valence-corrected chi connectivity index (χ1v) is 4.87. The number of nitrogens with zero attached hydrogens (tertiary/aromatic N) is 3. The summed E-state index contributed by atoms with van der Waals surface area (Å²) in [4.78, 5) is 32.2. The van der Waals surface area contributed by atoms with E-state index in [-0.39, 0.29) is 23.5 Å². The Balaban J connectivity index is 2.37. The van der Waals surface area contributed by atoms with Gasteiger partial charge in [0.15, 0.2) is 5.71 Å². The zero-order valence-electron chi connectivity index (χ0n) is 8.94. The molecular weight excluding hydrogens is 242 g/mol. The summed E-state index contributed by atoms with van der Waals surface area (Å²) in [5, 5.41) is 23.8. The van der Waals surface area contributed by atoms with Gasteiger partial charge in [-0.15, -0.1) is 0 Å². The molecule has 8 heteroatoms. The molecule has 1 heterocycles. The van der Waals surface area contributed by atoms with Gasteiger partial charge in [0.1, 0.15) is 0 Å². The molecule has 0 aromatic heterocycles. The fourth-order valence-electron chi connectivity index (χ4n) is 1.49. The quantitative estimate of drug-likeness (QED) is 0.627. The van der Waals surface area contributed by atoms with Crippen LogP contribution in [0.3, 0.4) is 0 Å². The number of benzene rings is 1. The number of non-ortho nitro benzene ring substituents is 1. The van der Waals surface area contributed by atoms with Crippen LogP contribution in [0.15, 0.2) is 29.4 Å². The SMILES string of the molecule is O=C(O)C1=NN(c2cccc([N+](=O)[O-])c2)C(=O)C1. The van der Waals surface area contributed by atoms with Crippen LogP contribution in [0, 0.1) is 10.1 Å². The van der Waals surface area contributed by atoms with E-state index in [1.807, 2.05) is 0 Å². The second-order valence-corrected chi connectivity index (χ2v) is 3.51. The van der Waals surface area contributed by atoms with E-state index in [9.17, 15) is 19.7 Å². The Morgan fingerprint density at radius 3 is 2.78 bits per heavy atom. The van der Waals surface area contributed by atoms with Gasteiger partial charge in [0.25, 0.3) is 11.6 Å². The zero-order valence-corrected chi connectivity index (χ0v) is 8.94. The van der Waals surface area contributed by atoms with Gasteiger partial charge in [-0.05, 0) is 6.07 Å². The lowest BCUT2D eigenvalue weighted by Crippen LogP contribution is -2.19. The van der Waals surface area contributed by atoms with Gasteiger partial charge in [0.05, 0.1) is 17.0 Å². The maximum absolute atomic E-state index is 11.5. The molecule has 1 aromatic carbocycles. The number of hydrogen-bond acceptors (Lipinski definition) is 5. The first kappa shape index (κ1) is 11.7. The molecule has 1 N–H and O–H groups in total. The number of carbonyl (C=O) groups is 2. The maximum Gasteiger partial charge on any atom is 0.352 e. The first-order valence-electron chi connectivity index (χ1n) is 4.87. The van der Waals surface area contributed by atoms with Crippen LogP contribution >= 0.6 is 0 Å². The molecule has 1 aliphatic heterocycles. The lowest BCUT2D eigenvalue weighted by atomic mass is 10.2. The number of carboxylic acids is 1. The van der Waals surface area contributed by atoms with Crippen molar-refractivity contribution in [1.82, 2.24) is 0 Å². The van der Waals surface area contributed by atoms with Gasteiger partial charge >= 0.3 is 5.97 Å². The molecule has 1 amide bonds. The van der Waals surface area contributed by atoms with Crippen LogP contribution in [-0.2, 0) is 9.59 Å². The third-order valence-corrected chi connectivity index (χ3v) is 2.31. The standard InChI is InChI=1S/C10H7N3O5/c14-9-5-8(10(15)16)11-12(9)6-2-1-3-7(4-6)13(17)18/h1-4H,5H2,(H,15,16). The highest BCUT2D eigenvalue weighted by molar-refractivity contribution is 6.42. The zero-order chi connectivity index (χ0) is 13.3. The summed E-state index contributed by atoms with van der Waals surface area (Å²) in [5.41, 5.74) is -0.309. The van der Waals surface area contributed by atoms with Gasteiger partial charge in [0, 0.05) is 12.1 Å². The van der Waals surface area contributed by atoms with Crippen molar-refractivity contribution in [2.75, 3.05) is 5.01 Å². The number of carboxylic acid groups (broad SMARTS) is 1. The van der Waals surface area contributed by atoms with Crippen molar-refractivity contribution in [3.05, 3.63) is 34.4 Å². The van der Waals surface area contributed by atoms with Gasteiger partial charge in [-0.2, -0.15) is 10.1 Å². The molecule has 0 bridgehead atoms. The van der Waals surface area contributed by atoms with Crippen LogP contribution in [0.4, 0.5) is 11.4 Å². The average Bonchev–Trinajstić information content (AvgIpc) is 2.72. The Labute approximate surface area is 100 Å². The minimum absolute atomic E-state index is 0.172. The molecular formula is C10H7N3O5. The lowest BCUT2D eigenvalue weighted by Gasteiger charge is -2.10. The third kappa shape index (κ3) is 2.03. The normalized spacial score (nSPS) is 14.6. The Morgan fingerprint density at radius 1 is 1.50 bits per heavy atom. The fourth-order valence-corrected chi connectivity index (χ4v) is 1.49. The van der Waals surface area contributed by atoms with Gasteiger partial charge in [-0.1, -0.05) is 6.07 Å². The van der Waals surface area contributed by atoms with Gasteiger partial charge in [-0.25, -0.2) is 4.79 Å². The summed E-state index contributed by atoms with van der Waals surface area (Å²) >= 11 is 0. The number of anilines is 1. The third-order valence-electron chi connectivity index (χ3n) is 2.31. The lowest BCUT2D eigenvalue weighted by molar-refractivity contribution is -0.384. The van der Waals surface area contributed by atoms with E-state index in [0.717, 1.165) is 11.1 Å². The van der Waals surface area contributed by atoms with Gasteiger partial charge in [0.2, 0.25) is 0 Å². The molecule has 0 saturated carbocycles. The van der Waals surface area contributed by atoms with E-state index < -0.39 is 16.8 Å². The predicted octanol–water partition coefficient (Wildman–Crippen LogP) is 0.772. The van der Waals surface area contributed by atoms with Gasteiger partial charge in [-0.3, -0.25) is 14.9 Å². The van der Waals surface area contributed by atoms with Crippen molar-refractivity contribution >= 4 is 29.0 Å². The predicted molar refractivity (Wildman–Crippen MR) is 60.3 cm³/mol. The Bertz CT molecular complexity index is 581. The van der Waals surface area contributed by atoms with E-state index in [1.165, 1.54) is 18.2 Å². The molecule has 0 radical (unpaired) electrons. The Hall–Kier alpha value is -2.77. The molecule has 0 unspecified atom stereocenters. The Kier molecular flexibility index (Phi) is 2.76. The molecule has 1 aromatic rings. The molecule has 92 valence electrons. The van der Waals surface area contributed by atoms with Crippen LogP contribution in [0.1, 0.15) is 6.42 Å². The molecule has 0 atom stereocenters. The fraction of sp³-hybridized carbons (Fsp3) is 0.100. The van der Waals surface area contributed by atoms with Crippen LogP contribution in [0.5, 0.6) is 0 Å². The van der Waals surface area contributed by atoms with Crippen molar-refractivity contribution in [1.29, 1.82) is 0 Å². The topological polar surface area (TPSA) is 113 Å². The Morgan fingerprint density at radius 2 is 2.22 bits per heavy atom. The molecule has 8 nitrogen and oxygen atoms in total. The second-order valence-electron chi connectivity index (χ2n) is 3.51. The number of rotatable bonds is 3. The maximum atomic E-state index is 11.5. The number of nitro benzene ring substituents is 1. The first-order chi connectivity index (χ1) is 8.49. The highest BCUT2D eigenvalue weighted by atomic mass is 16.6. The minimum Gasteiger partial charge on any atom is -0.477 e. The molecule has 0 spiro atoms. The summed E-state index contributed by atoms with van der Waals surface area (Å²) in [5.74, 6) is -1.82. The van der Waals surface area contributed by atoms with Crippen molar-refractivity contribution in [3.8, 4) is 0 Å². The number of nitro groups is 1. The summed E-state index contributed by atoms with van der Waals surface area (Å²) in [7, 11) is 0. The van der Waals surface area contributed by atoms with Crippen molar-refractivity contribution < 1.29 is 19.6 Å². The van der Waals surface area contributed by atoms with Crippen LogP contribution < -0.4 is 5.01 Å². The largest absolute Gasteiger partial charge is 0.477 e. The number of hydrogen-bond donors (Lipinski definition) is 1. The van der Waals surface area contributed by atoms with E-state index in [4.69, 9.17) is 5.11 Å². The smallest absolute Gasteiger partial charge is 0.352 e. The van der Waals surface area contributed by atoms with E-state index >= 15 is 0 Å². The number of carbonyl (C=O) groups excluding carboxylic acids is 1. The van der Waals surface area contributed by atoms with Crippen molar-refractivity contribution in [2.45, 2.75) is 6.42 Å². The van der Waals surface area contributed by atoms with E-state index in [1.54, 1.807) is 0 Å². The highest BCUT2D eigenvalue weighted by Crippen LogP contribution is 2.24. The average molecular weight is 249 g/mol. The van der Waals surface area contributed by atoms with Crippen molar-refractivity contribution in [3.63, 3.8) is 0 Å². The van der Waals surface area contributed by atoms with Crippen LogP contribution in [-0.4, -0.2) is 27.6 Å².